The first kappa shape index (κ1) is 25.6. The van der Waals surface area contributed by atoms with E-state index in [2.05, 4.69) is 153 Å². The maximum Gasteiger partial charge on any atom is 0.135 e. The van der Waals surface area contributed by atoms with Crippen molar-refractivity contribution >= 4 is 54.3 Å². The van der Waals surface area contributed by atoms with Crippen molar-refractivity contribution in [2.45, 2.75) is 19.3 Å². The number of hydrogen-bond acceptors (Lipinski definition) is 1. The van der Waals surface area contributed by atoms with Crippen molar-refractivity contribution < 1.29 is 4.42 Å². The van der Waals surface area contributed by atoms with Crippen LogP contribution in [0.5, 0.6) is 0 Å². The van der Waals surface area contributed by atoms with Gasteiger partial charge in [0.25, 0.3) is 0 Å². The fourth-order valence-corrected chi connectivity index (χ4v) is 8.37. The molecule has 1 aliphatic carbocycles. The van der Waals surface area contributed by atoms with E-state index in [-0.39, 0.29) is 5.41 Å². The van der Waals surface area contributed by atoms with Crippen molar-refractivity contribution in [1.82, 2.24) is 0 Å². The van der Waals surface area contributed by atoms with Crippen LogP contribution in [0.3, 0.4) is 0 Å². The third-order valence-corrected chi connectivity index (χ3v) is 10.5. The molecular weight excluding hydrogens is 556 g/mol. The minimum absolute atomic E-state index is 0.0982. The van der Waals surface area contributed by atoms with Gasteiger partial charge in [-0.15, -0.1) is 0 Å². The van der Waals surface area contributed by atoms with Crippen molar-refractivity contribution in [3.05, 3.63) is 157 Å². The van der Waals surface area contributed by atoms with Gasteiger partial charge in [0.2, 0.25) is 0 Å². The monoisotopic (exact) mass is 586 g/mol. The van der Waals surface area contributed by atoms with Crippen LogP contribution in [0, 0.1) is 0 Å². The molecule has 46 heavy (non-hydrogen) atoms. The second-order valence-corrected chi connectivity index (χ2v) is 13.2. The lowest BCUT2D eigenvalue weighted by molar-refractivity contribution is 0.661. The first-order chi connectivity index (χ1) is 22.6. The van der Waals surface area contributed by atoms with Gasteiger partial charge in [0.15, 0.2) is 0 Å². The fraction of sp³-hybridized carbons (Fsp3) is 0.0667. The average molecular weight is 587 g/mol. The molecule has 9 aromatic rings. The zero-order chi connectivity index (χ0) is 30.6. The first-order valence-electron chi connectivity index (χ1n) is 16.1. The van der Waals surface area contributed by atoms with Gasteiger partial charge in [-0.3, -0.25) is 0 Å². The van der Waals surface area contributed by atoms with Gasteiger partial charge in [0.05, 0.1) is 0 Å². The summed E-state index contributed by atoms with van der Waals surface area (Å²) in [5, 5.41) is 9.98. The van der Waals surface area contributed by atoms with Crippen molar-refractivity contribution in [3.63, 3.8) is 0 Å². The van der Waals surface area contributed by atoms with Crippen LogP contribution in [0.4, 0.5) is 0 Å². The molecule has 1 nitrogen and oxygen atoms in total. The molecular formula is C45H30O. The Kier molecular flexibility index (Phi) is 5.12. The van der Waals surface area contributed by atoms with Crippen molar-refractivity contribution in [3.8, 4) is 33.4 Å². The molecule has 0 aliphatic heterocycles. The zero-order valence-electron chi connectivity index (χ0n) is 25.8. The number of fused-ring (bicyclic) bond motifs is 10. The molecule has 0 spiro atoms. The number of para-hydroxylation sites is 1. The Morgan fingerprint density at radius 1 is 0.370 bits per heavy atom. The van der Waals surface area contributed by atoms with Crippen LogP contribution >= 0.6 is 0 Å². The third-order valence-electron chi connectivity index (χ3n) is 10.5. The molecule has 8 aromatic carbocycles. The molecule has 0 fully saturated rings. The molecule has 0 radical (unpaired) electrons. The van der Waals surface area contributed by atoms with E-state index >= 15 is 0 Å². The SMILES string of the molecule is CC1(C)c2ccccc2-c2c1cc(-c1c3ccccc3c(-c3ccc4oc5ccccc5c4c3)c3ccccc13)c1ccccc21. The van der Waals surface area contributed by atoms with Crippen LogP contribution in [0.15, 0.2) is 150 Å². The Morgan fingerprint density at radius 2 is 0.891 bits per heavy atom. The molecule has 0 atom stereocenters. The van der Waals surface area contributed by atoms with Gasteiger partial charge < -0.3 is 4.42 Å². The van der Waals surface area contributed by atoms with E-state index in [1.54, 1.807) is 0 Å². The van der Waals surface area contributed by atoms with Crippen LogP contribution in [0.2, 0.25) is 0 Å². The maximum absolute atomic E-state index is 6.21. The van der Waals surface area contributed by atoms with Gasteiger partial charge in [0, 0.05) is 16.2 Å². The normalized spacial score (nSPS) is 13.6. The Morgan fingerprint density at radius 3 is 1.59 bits per heavy atom. The standard InChI is InChI=1S/C45H30O/c1-45(2)38-21-11-9-20-35(38)44-30-15-4-3-13-28(30)37(26-39(44)45)43-33-18-7-5-16-31(33)42(32-17-6-8-19-34(32)43)27-23-24-41-36(25-27)29-14-10-12-22-40(29)46-41/h3-26H,1-2H3. The molecule has 0 saturated carbocycles. The third kappa shape index (κ3) is 3.35. The highest BCUT2D eigenvalue weighted by Crippen LogP contribution is 2.54. The highest BCUT2D eigenvalue weighted by Gasteiger charge is 2.37. The van der Waals surface area contributed by atoms with Crippen LogP contribution in [0.1, 0.15) is 25.0 Å². The quantitative estimate of drug-likeness (QED) is 0.184. The van der Waals surface area contributed by atoms with E-state index in [0.29, 0.717) is 0 Å². The van der Waals surface area contributed by atoms with Crippen LogP contribution < -0.4 is 0 Å². The number of furan rings is 1. The average Bonchev–Trinajstić information content (AvgIpc) is 3.58. The summed E-state index contributed by atoms with van der Waals surface area (Å²) in [5.41, 5.74) is 12.4. The topological polar surface area (TPSA) is 13.1 Å². The molecule has 0 unspecified atom stereocenters. The fourth-order valence-electron chi connectivity index (χ4n) is 8.37. The predicted octanol–water partition coefficient (Wildman–Crippen LogP) is 12.7. The summed E-state index contributed by atoms with van der Waals surface area (Å²) in [4.78, 5) is 0. The molecule has 216 valence electrons. The highest BCUT2D eigenvalue weighted by molar-refractivity contribution is 6.25. The lowest BCUT2D eigenvalue weighted by Crippen LogP contribution is -2.15. The summed E-state index contributed by atoms with van der Waals surface area (Å²) >= 11 is 0. The summed E-state index contributed by atoms with van der Waals surface area (Å²) in [6.07, 6.45) is 0. The van der Waals surface area contributed by atoms with E-state index in [9.17, 15) is 0 Å². The van der Waals surface area contributed by atoms with Crippen LogP contribution in [-0.2, 0) is 5.41 Å². The smallest absolute Gasteiger partial charge is 0.135 e. The summed E-state index contributed by atoms with van der Waals surface area (Å²) in [5.74, 6) is 0. The number of benzene rings is 8. The van der Waals surface area contributed by atoms with E-state index in [1.165, 1.54) is 76.8 Å². The van der Waals surface area contributed by atoms with Gasteiger partial charge in [-0.25, -0.2) is 0 Å². The summed E-state index contributed by atoms with van der Waals surface area (Å²) in [7, 11) is 0. The summed E-state index contributed by atoms with van der Waals surface area (Å²) in [6.45, 7) is 4.76. The van der Waals surface area contributed by atoms with E-state index in [1.807, 2.05) is 6.07 Å². The van der Waals surface area contributed by atoms with Crippen LogP contribution in [-0.4, -0.2) is 0 Å². The van der Waals surface area contributed by atoms with Gasteiger partial charge in [-0.1, -0.05) is 135 Å². The van der Waals surface area contributed by atoms with E-state index in [4.69, 9.17) is 4.42 Å². The van der Waals surface area contributed by atoms with Gasteiger partial charge in [-0.2, -0.15) is 0 Å². The minimum Gasteiger partial charge on any atom is -0.456 e. The van der Waals surface area contributed by atoms with Gasteiger partial charge in [0.1, 0.15) is 11.2 Å². The van der Waals surface area contributed by atoms with Crippen molar-refractivity contribution in [2.24, 2.45) is 0 Å². The zero-order valence-corrected chi connectivity index (χ0v) is 25.8. The van der Waals surface area contributed by atoms with Gasteiger partial charge >= 0.3 is 0 Å². The summed E-state index contributed by atoms with van der Waals surface area (Å²) in [6, 6.07) is 53.4. The maximum atomic E-state index is 6.21. The molecule has 10 rings (SSSR count). The molecule has 0 amide bonds. The second-order valence-electron chi connectivity index (χ2n) is 13.2. The lowest BCUT2D eigenvalue weighted by atomic mass is 9.79. The molecule has 1 aromatic heterocycles. The predicted molar refractivity (Wildman–Crippen MR) is 195 cm³/mol. The highest BCUT2D eigenvalue weighted by atomic mass is 16.3. The first-order valence-corrected chi connectivity index (χ1v) is 16.1. The number of hydrogen-bond donors (Lipinski definition) is 0. The second kappa shape index (κ2) is 9.19. The Balaban J connectivity index is 1.33. The molecule has 0 bridgehead atoms. The Bertz CT molecular complexity index is 2660. The molecule has 1 aliphatic rings. The largest absolute Gasteiger partial charge is 0.456 e. The molecule has 1 heteroatoms. The molecule has 0 saturated heterocycles. The molecule has 1 heterocycles. The Labute approximate surface area is 267 Å². The van der Waals surface area contributed by atoms with Crippen molar-refractivity contribution in [1.29, 1.82) is 0 Å². The number of rotatable bonds is 2. The van der Waals surface area contributed by atoms with Crippen molar-refractivity contribution in [2.75, 3.05) is 0 Å². The Hall–Kier alpha value is -5.66. The van der Waals surface area contributed by atoms with E-state index < -0.39 is 0 Å². The summed E-state index contributed by atoms with van der Waals surface area (Å²) < 4.78 is 6.21. The van der Waals surface area contributed by atoms with E-state index in [0.717, 1.165) is 21.9 Å². The minimum atomic E-state index is -0.0982. The lowest BCUT2D eigenvalue weighted by Gasteiger charge is -2.24. The molecule has 0 N–H and O–H groups in total. The van der Waals surface area contributed by atoms with Gasteiger partial charge in [-0.05, 0) is 101 Å². The van der Waals surface area contributed by atoms with Crippen LogP contribution in [0.25, 0.3) is 87.6 Å².